The summed E-state index contributed by atoms with van der Waals surface area (Å²) in [6, 6.07) is 9.30. The van der Waals surface area contributed by atoms with E-state index in [4.69, 9.17) is 10.9 Å². The molecule has 120 valence electrons. The zero-order valence-corrected chi connectivity index (χ0v) is 13.0. The lowest BCUT2D eigenvalue weighted by atomic mass is 10.0. The van der Waals surface area contributed by atoms with Gasteiger partial charge >= 0.3 is 0 Å². The Bertz CT molecular complexity index is 970. The molecule has 0 unspecified atom stereocenters. The standard InChI is InChI=1S/C18H16N4O2/c1-2-4-16(22-24)17(23)15-10-21-18-14(15)8-12(9-20-18)11-5-3-6-13(19)7-11/h2-10,24H,19H2,1H3,(H,20,21)/b4-2+,22-16+. The highest BCUT2D eigenvalue weighted by Gasteiger charge is 2.18. The van der Waals surface area contributed by atoms with E-state index in [1.54, 1.807) is 25.4 Å². The third kappa shape index (κ3) is 2.77. The number of Topliss-reactive ketones (excluding diaryl/α,β-unsaturated/α-hetero) is 1. The number of nitrogens with zero attached hydrogens (tertiary/aromatic N) is 2. The summed E-state index contributed by atoms with van der Waals surface area (Å²) in [4.78, 5) is 19.8. The normalized spacial score (nSPS) is 12.1. The SMILES string of the molecule is C/C=C/C(=N\O)C(=O)c1c[nH]c2ncc(-c3cccc(N)c3)cc12. The molecule has 0 radical (unpaired) electrons. The predicted molar refractivity (Wildman–Crippen MR) is 94.3 cm³/mol. The van der Waals surface area contributed by atoms with Gasteiger partial charge in [-0.1, -0.05) is 23.4 Å². The Labute approximate surface area is 138 Å². The van der Waals surface area contributed by atoms with Gasteiger partial charge in [-0.25, -0.2) is 4.98 Å². The minimum Gasteiger partial charge on any atom is -0.410 e. The van der Waals surface area contributed by atoms with Crippen molar-refractivity contribution in [1.82, 2.24) is 9.97 Å². The van der Waals surface area contributed by atoms with Gasteiger partial charge in [0, 0.05) is 29.0 Å². The molecule has 0 bridgehead atoms. The van der Waals surface area contributed by atoms with Crippen molar-refractivity contribution in [2.24, 2.45) is 5.16 Å². The number of hydrogen-bond donors (Lipinski definition) is 3. The van der Waals surface area contributed by atoms with Crippen LogP contribution in [0.2, 0.25) is 0 Å². The van der Waals surface area contributed by atoms with E-state index in [-0.39, 0.29) is 11.5 Å². The predicted octanol–water partition coefficient (Wildman–Crippen LogP) is 3.40. The number of aromatic amines is 1. The van der Waals surface area contributed by atoms with Gasteiger partial charge in [-0.05, 0) is 36.8 Å². The van der Waals surface area contributed by atoms with Gasteiger partial charge in [0.25, 0.3) is 0 Å². The molecule has 2 aromatic heterocycles. The minimum absolute atomic E-state index is 0.0345. The highest BCUT2D eigenvalue weighted by atomic mass is 16.4. The third-order valence-corrected chi connectivity index (χ3v) is 3.66. The van der Waals surface area contributed by atoms with Crippen LogP contribution in [0.5, 0.6) is 0 Å². The summed E-state index contributed by atoms with van der Waals surface area (Å²) in [5.74, 6) is -0.381. The van der Waals surface area contributed by atoms with Gasteiger partial charge in [-0.2, -0.15) is 0 Å². The second-order valence-corrected chi connectivity index (χ2v) is 5.26. The number of anilines is 1. The van der Waals surface area contributed by atoms with E-state index >= 15 is 0 Å². The van der Waals surface area contributed by atoms with E-state index in [9.17, 15) is 4.79 Å². The van der Waals surface area contributed by atoms with E-state index in [0.29, 0.717) is 22.3 Å². The zero-order chi connectivity index (χ0) is 17.1. The Hall–Kier alpha value is -3.41. The van der Waals surface area contributed by atoms with Gasteiger partial charge in [-0.3, -0.25) is 4.79 Å². The molecule has 0 atom stereocenters. The van der Waals surface area contributed by atoms with Crippen LogP contribution in [0.3, 0.4) is 0 Å². The molecule has 24 heavy (non-hydrogen) atoms. The fourth-order valence-corrected chi connectivity index (χ4v) is 2.52. The van der Waals surface area contributed by atoms with Gasteiger partial charge in [0.1, 0.15) is 11.4 Å². The number of aromatic nitrogens is 2. The van der Waals surface area contributed by atoms with Gasteiger partial charge in [0.2, 0.25) is 5.78 Å². The number of allylic oxidation sites excluding steroid dienone is 2. The van der Waals surface area contributed by atoms with Crippen LogP contribution in [0.15, 0.2) is 60.0 Å². The van der Waals surface area contributed by atoms with Gasteiger partial charge in [0.05, 0.1) is 5.56 Å². The summed E-state index contributed by atoms with van der Waals surface area (Å²) < 4.78 is 0. The molecule has 0 aliphatic rings. The lowest BCUT2D eigenvalue weighted by Crippen LogP contribution is -2.11. The molecule has 0 aliphatic heterocycles. The number of oxime groups is 1. The second kappa shape index (κ2) is 6.37. The van der Waals surface area contributed by atoms with Crippen molar-refractivity contribution in [3.05, 3.63) is 60.4 Å². The number of ketones is 1. The number of benzene rings is 1. The molecule has 3 aromatic rings. The summed E-state index contributed by atoms with van der Waals surface area (Å²) in [5, 5.41) is 12.8. The summed E-state index contributed by atoms with van der Waals surface area (Å²) in [5.41, 5.74) is 9.18. The highest BCUT2D eigenvalue weighted by Crippen LogP contribution is 2.26. The zero-order valence-electron chi connectivity index (χ0n) is 13.0. The molecule has 0 amide bonds. The smallest absolute Gasteiger partial charge is 0.216 e. The minimum atomic E-state index is -0.381. The molecule has 6 nitrogen and oxygen atoms in total. The summed E-state index contributed by atoms with van der Waals surface area (Å²) in [7, 11) is 0. The molecular formula is C18H16N4O2. The lowest BCUT2D eigenvalue weighted by molar-refractivity contribution is 0.106. The first-order valence-electron chi connectivity index (χ1n) is 7.36. The van der Waals surface area contributed by atoms with Crippen LogP contribution in [0, 0.1) is 0 Å². The number of nitrogens with one attached hydrogen (secondary N) is 1. The van der Waals surface area contributed by atoms with Crippen LogP contribution in [0.1, 0.15) is 17.3 Å². The van der Waals surface area contributed by atoms with Gasteiger partial charge in [0.15, 0.2) is 0 Å². The number of carbonyl (C=O) groups excluding carboxylic acids is 1. The number of pyridine rings is 1. The van der Waals surface area contributed by atoms with Crippen LogP contribution in [-0.4, -0.2) is 26.7 Å². The molecule has 4 N–H and O–H groups in total. The van der Waals surface area contributed by atoms with Crippen LogP contribution in [0.25, 0.3) is 22.2 Å². The van der Waals surface area contributed by atoms with Crippen molar-refractivity contribution in [3.8, 4) is 11.1 Å². The maximum atomic E-state index is 12.5. The van der Waals surface area contributed by atoms with E-state index in [2.05, 4.69) is 15.1 Å². The topological polar surface area (TPSA) is 104 Å². The van der Waals surface area contributed by atoms with Crippen LogP contribution >= 0.6 is 0 Å². The molecule has 0 aliphatic carbocycles. The number of nitrogens with two attached hydrogens (primary N) is 1. The number of fused-ring (bicyclic) bond motifs is 1. The van der Waals surface area contributed by atoms with Crippen molar-refractivity contribution in [2.45, 2.75) is 6.92 Å². The fourth-order valence-electron chi connectivity index (χ4n) is 2.52. The summed E-state index contributed by atoms with van der Waals surface area (Å²) in [6.07, 6.45) is 6.38. The van der Waals surface area contributed by atoms with E-state index in [1.807, 2.05) is 30.3 Å². The van der Waals surface area contributed by atoms with E-state index < -0.39 is 0 Å². The van der Waals surface area contributed by atoms with Crippen LogP contribution in [-0.2, 0) is 0 Å². The largest absolute Gasteiger partial charge is 0.410 e. The molecule has 0 saturated heterocycles. The first-order valence-corrected chi connectivity index (χ1v) is 7.36. The molecule has 0 saturated carbocycles. The van der Waals surface area contributed by atoms with Gasteiger partial charge < -0.3 is 15.9 Å². The highest BCUT2D eigenvalue weighted by molar-refractivity contribution is 6.51. The number of H-pyrrole nitrogens is 1. The molecular weight excluding hydrogens is 304 g/mol. The maximum absolute atomic E-state index is 12.5. The van der Waals surface area contributed by atoms with Crippen molar-refractivity contribution >= 4 is 28.2 Å². The molecule has 3 rings (SSSR count). The number of rotatable bonds is 4. The summed E-state index contributed by atoms with van der Waals surface area (Å²) in [6.45, 7) is 1.74. The molecule has 0 fully saturated rings. The van der Waals surface area contributed by atoms with Crippen molar-refractivity contribution < 1.29 is 10.0 Å². The molecule has 6 heteroatoms. The molecule has 2 heterocycles. The average molecular weight is 320 g/mol. The maximum Gasteiger partial charge on any atom is 0.216 e. The van der Waals surface area contributed by atoms with E-state index in [0.717, 1.165) is 11.1 Å². The van der Waals surface area contributed by atoms with Crippen LogP contribution in [0.4, 0.5) is 5.69 Å². The molecule has 0 spiro atoms. The van der Waals surface area contributed by atoms with E-state index in [1.165, 1.54) is 6.08 Å². The monoisotopic (exact) mass is 320 g/mol. The lowest BCUT2D eigenvalue weighted by Gasteiger charge is -2.04. The Morgan fingerprint density at radius 1 is 1.33 bits per heavy atom. The third-order valence-electron chi connectivity index (χ3n) is 3.66. The van der Waals surface area contributed by atoms with Gasteiger partial charge in [-0.15, -0.1) is 0 Å². The Kier molecular flexibility index (Phi) is 4.11. The Balaban J connectivity index is 2.11. The van der Waals surface area contributed by atoms with Crippen LogP contribution < -0.4 is 5.73 Å². The number of carbonyl (C=O) groups is 1. The Morgan fingerprint density at radius 2 is 2.17 bits per heavy atom. The average Bonchev–Trinajstić information content (AvgIpc) is 3.02. The number of nitrogen functional groups attached to an aromatic ring is 1. The molecule has 1 aromatic carbocycles. The quantitative estimate of drug-likeness (QED) is 0.225. The van der Waals surface area contributed by atoms with Crippen molar-refractivity contribution in [3.63, 3.8) is 0 Å². The first kappa shape index (κ1) is 15.5. The fraction of sp³-hybridized carbons (Fsp3) is 0.0556. The van der Waals surface area contributed by atoms with Crippen molar-refractivity contribution in [2.75, 3.05) is 5.73 Å². The number of hydrogen-bond acceptors (Lipinski definition) is 5. The first-order chi connectivity index (χ1) is 11.6. The second-order valence-electron chi connectivity index (χ2n) is 5.26. The summed E-state index contributed by atoms with van der Waals surface area (Å²) >= 11 is 0. The Morgan fingerprint density at radius 3 is 2.88 bits per heavy atom. The van der Waals surface area contributed by atoms with Crippen molar-refractivity contribution in [1.29, 1.82) is 0 Å².